The molecule has 6 heteroatoms. The zero-order valence-corrected chi connectivity index (χ0v) is 7.30. The minimum atomic E-state index is -1.29. The third-order valence-corrected chi connectivity index (χ3v) is 1.82. The molecule has 0 aliphatic rings. The summed E-state index contributed by atoms with van der Waals surface area (Å²) in [7, 11) is 0. The molecule has 2 N–H and O–H groups in total. The van der Waals surface area contributed by atoms with Crippen molar-refractivity contribution in [3.05, 3.63) is 29.7 Å². The highest BCUT2D eigenvalue weighted by atomic mass is 16.4. The molecule has 0 saturated carbocycles. The maximum Gasteiger partial charge on any atom is 0.392 e. The molecule has 0 atom stereocenters. The van der Waals surface area contributed by atoms with Gasteiger partial charge in [-0.3, -0.25) is 0 Å². The van der Waals surface area contributed by atoms with Crippen LogP contribution in [0, 0.1) is 0 Å². The van der Waals surface area contributed by atoms with E-state index < -0.39 is 17.8 Å². The van der Waals surface area contributed by atoms with Crippen LogP contribution >= 0.6 is 0 Å². The zero-order valence-electron chi connectivity index (χ0n) is 7.30. The van der Waals surface area contributed by atoms with Crippen LogP contribution in [0.1, 0.15) is 21.0 Å². The first-order valence-corrected chi connectivity index (χ1v) is 3.95. The second kappa shape index (κ2) is 3.09. The highest BCUT2D eigenvalue weighted by Gasteiger charge is 2.13. The lowest BCUT2D eigenvalue weighted by Gasteiger charge is -1.91. The van der Waals surface area contributed by atoms with Crippen LogP contribution in [0.4, 0.5) is 0 Å². The second-order valence-electron chi connectivity index (χ2n) is 2.81. The topological polar surface area (TPSA) is 101 Å². The van der Waals surface area contributed by atoms with Crippen molar-refractivity contribution in [3.63, 3.8) is 0 Å². The fourth-order valence-corrected chi connectivity index (χ4v) is 1.15. The standard InChI is InChI=1S/C9H5NO5/c11-8(12)4-1-2-5-6(3-4)15-7(10-5)9(13)14/h1-3H,(H,11,12)(H,13,14). The monoisotopic (exact) mass is 207 g/mol. The normalized spacial score (nSPS) is 10.4. The van der Waals surface area contributed by atoms with Gasteiger partial charge in [-0.2, -0.15) is 0 Å². The molecule has 0 radical (unpaired) electrons. The van der Waals surface area contributed by atoms with Crippen LogP contribution in [0.5, 0.6) is 0 Å². The summed E-state index contributed by atoms with van der Waals surface area (Å²) >= 11 is 0. The molecule has 6 nitrogen and oxygen atoms in total. The van der Waals surface area contributed by atoms with E-state index in [1.165, 1.54) is 18.2 Å². The number of hydrogen-bond acceptors (Lipinski definition) is 4. The van der Waals surface area contributed by atoms with Crippen molar-refractivity contribution in [1.82, 2.24) is 4.98 Å². The minimum Gasteiger partial charge on any atom is -0.478 e. The smallest absolute Gasteiger partial charge is 0.392 e. The van der Waals surface area contributed by atoms with E-state index in [2.05, 4.69) is 4.98 Å². The molecule has 0 bridgehead atoms. The number of rotatable bonds is 2. The largest absolute Gasteiger partial charge is 0.478 e. The minimum absolute atomic E-state index is 0.0237. The maximum atomic E-state index is 10.6. The summed E-state index contributed by atoms with van der Waals surface area (Å²) in [6.45, 7) is 0. The SMILES string of the molecule is O=C(O)c1ccc2nc(C(=O)O)oc2c1. The number of nitrogens with zero attached hydrogens (tertiary/aromatic N) is 1. The fourth-order valence-electron chi connectivity index (χ4n) is 1.15. The van der Waals surface area contributed by atoms with Gasteiger partial charge in [-0.1, -0.05) is 0 Å². The maximum absolute atomic E-state index is 10.6. The molecule has 2 aromatic rings. The van der Waals surface area contributed by atoms with Crippen LogP contribution < -0.4 is 0 Å². The molecule has 76 valence electrons. The summed E-state index contributed by atoms with van der Waals surface area (Å²) in [6, 6.07) is 3.96. The Morgan fingerprint density at radius 1 is 1.20 bits per heavy atom. The molecule has 2 rings (SSSR count). The van der Waals surface area contributed by atoms with Crippen LogP contribution in [0.15, 0.2) is 22.6 Å². The van der Waals surface area contributed by atoms with E-state index in [0.717, 1.165) is 0 Å². The van der Waals surface area contributed by atoms with Crippen molar-refractivity contribution >= 4 is 23.0 Å². The van der Waals surface area contributed by atoms with Crippen molar-refractivity contribution in [2.75, 3.05) is 0 Å². The molecule has 0 aliphatic heterocycles. The number of carboxylic acids is 2. The van der Waals surface area contributed by atoms with Gasteiger partial charge in [-0.25, -0.2) is 14.6 Å². The lowest BCUT2D eigenvalue weighted by Crippen LogP contribution is -1.94. The summed E-state index contributed by atoms with van der Waals surface area (Å²) in [5, 5.41) is 17.3. The molecule has 1 aromatic carbocycles. The number of carboxylic acid groups (broad SMARTS) is 2. The Labute approximate surface area is 82.8 Å². The van der Waals surface area contributed by atoms with Gasteiger partial charge in [0.2, 0.25) is 0 Å². The highest BCUT2D eigenvalue weighted by molar-refractivity contribution is 5.93. The average molecular weight is 207 g/mol. The predicted octanol–water partition coefficient (Wildman–Crippen LogP) is 1.22. The molecule has 0 amide bonds. The van der Waals surface area contributed by atoms with Crippen molar-refractivity contribution in [3.8, 4) is 0 Å². The van der Waals surface area contributed by atoms with Gasteiger partial charge in [0.05, 0.1) is 5.56 Å². The highest BCUT2D eigenvalue weighted by Crippen LogP contribution is 2.17. The molecule has 0 fully saturated rings. The number of aromatic nitrogens is 1. The summed E-state index contributed by atoms with van der Waals surface area (Å²) in [6.07, 6.45) is 0. The van der Waals surface area contributed by atoms with Crippen molar-refractivity contribution < 1.29 is 24.2 Å². The van der Waals surface area contributed by atoms with Crippen molar-refractivity contribution in [2.24, 2.45) is 0 Å². The number of carbonyl (C=O) groups is 2. The van der Waals surface area contributed by atoms with Crippen LogP contribution in [-0.4, -0.2) is 27.1 Å². The third kappa shape index (κ3) is 1.52. The van der Waals surface area contributed by atoms with E-state index in [-0.39, 0.29) is 11.1 Å². The number of benzene rings is 1. The fraction of sp³-hybridized carbons (Fsp3) is 0. The van der Waals surface area contributed by atoms with Gasteiger partial charge >= 0.3 is 17.8 Å². The number of aromatic carboxylic acids is 2. The Bertz CT molecular complexity index is 545. The quantitative estimate of drug-likeness (QED) is 0.767. The average Bonchev–Trinajstić information content (AvgIpc) is 2.59. The van der Waals surface area contributed by atoms with Crippen LogP contribution in [0.3, 0.4) is 0 Å². The van der Waals surface area contributed by atoms with Gasteiger partial charge in [0.25, 0.3) is 0 Å². The lowest BCUT2D eigenvalue weighted by molar-refractivity contribution is 0.0655. The summed E-state index contributed by atoms with van der Waals surface area (Å²) in [5.41, 5.74) is 0.486. The van der Waals surface area contributed by atoms with Gasteiger partial charge in [-0.15, -0.1) is 0 Å². The molecule has 0 unspecified atom stereocenters. The summed E-state index contributed by atoms with van der Waals surface area (Å²) in [5.74, 6) is -2.85. The Balaban J connectivity index is 2.62. The first-order chi connectivity index (χ1) is 7.08. The molecule has 0 spiro atoms. The van der Waals surface area contributed by atoms with E-state index >= 15 is 0 Å². The second-order valence-corrected chi connectivity index (χ2v) is 2.81. The molecular weight excluding hydrogens is 202 g/mol. The van der Waals surface area contributed by atoms with Gasteiger partial charge in [0.1, 0.15) is 5.52 Å². The summed E-state index contributed by atoms with van der Waals surface area (Å²) in [4.78, 5) is 24.8. The molecule has 0 aliphatic carbocycles. The Kier molecular flexibility index (Phi) is 1.89. The van der Waals surface area contributed by atoms with Gasteiger partial charge in [0.15, 0.2) is 5.58 Å². The Morgan fingerprint density at radius 3 is 2.53 bits per heavy atom. The van der Waals surface area contributed by atoms with E-state index in [1.807, 2.05) is 0 Å². The number of fused-ring (bicyclic) bond motifs is 1. The van der Waals surface area contributed by atoms with Crippen LogP contribution in [-0.2, 0) is 0 Å². The van der Waals surface area contributed by atoms with Crippen molar-refractivity contribution in [1.29, 1.82) is 0 Å². The van der Waals surface area contributed by atoms with E-state index in [1.54, 1.807) is 0 Å². The number of hydrogen-bond donors (Lipinski definition) is 2. The third-order valence-electron chi connectivity index (χ3n) is 1.82. The molecule has 1 aromatic heterocycles. The number of oxazole rings is 1. The molecule has 0 saturated heterocycles. The van der Waals surface area contributed by atoms with E-state index in [9.17, 15) is 9.59 Å². The zero-order chi connectivity index (χ0) is 11.0. The first kappa shape index (κ1) is 9.20. The predicted molar refractivity (Wildman–Crippen MR) is 47.9 cm³/mol. The van der Waals surface area contributed by atoms with Gasteiger partial charge in [-0.05, 0) is 18.2 Å². The first-order valence-electron chi connectivity index (χ1n) is 3.95. The van der Waals surface area contributed by atoms with Crippen LogP contribution in [0.25, 0.3) is 11.1 Å². The Hall–Kier alpha value is -2.37. The van der Waals surface area contributed by atoms with Gasteiger partial charge < -0.3 is 14.6 Å². The molecule has 15 heavy (non-hydrogen) atoms. The Morgan fingerprint density at radius 2 is 1.93 bits per heavy atom. The molecular formula is C9H5NO5. The van der Waals surface area contributed by atoms with Gasteiger partial charge in [0, 0.05) is 0 Å². The van der Waals surface area contributed by atoms with E-state index in [0.29, 0.717) is 5.52 Å². The molecule has 1 heterocycles. The lowest BCUT2D eigenvalue weighted by atomic mass is 10.2. The van der Waals surface area contributed by atoms with Crippen molar-refractivity contribution in [2.45, 2.75) is 0 Å². The van der Waals surface area contributed by atoms with E-state index in [4.69, 9.17) is 14.6 Å². The summed E-state index contributed by atoms with van der Waals surface area (Å²) < 4.78 is 4.85. The van der Waals surface area contributed by atoms with Crippen LogP contribution in [0.2, 0.25) is 0 Å².